The standard InChI is InChI=1S/C21H18ClF3N4OS2/c22-17-9-14(21(23,24)25)10-26-19(17)28-5-7-29(8-6-28)20(30)16-3-1-2-4-18(16)32-12-15-11-31-13-27-15/h1-4,9-11,13H,5-8,12H2. The number of nitrogens with zero attached hydrogens (tertiary/aromatic N) is 4. The van der Waals surface area contributed by atoms with Gasteiger partial charge < -0.3 is 9.80 Å². The first-order valence-corrected chi connectivity index (χ1v) is 12.0. The van der Waals surface area contributed by atoms with Gasteiger partial charge in [-0.05, 0) is 18.2 Å². The molecule has 11 heteroatoms. The highest BCUT2D eigenvalue weighted by Crippen LogP contribution is 2.34. The summed E-state index contributed by atoms with van der Waals surface area (Å²) in [6.07, 6.45) is -3.71. The molecule has 32 heavy (non-hydrogen) atoms. The molecule has 0 N–H and O–H groups in total. The van der Waals surface area contributed by atoms with Crippen molar-refractivity contribution >= 4 is 46.4 Å². The summed E-state index contributed by atoms with van der Waals surface area (Å²) < 4.78 is 38.5. The summed E-state index contributed by atoms with van der Waals surface area (Å²) in [5, 5.41) is 1.93. The van der Waals surface area contributed by atoms with E-state index in [-0.39, 0.29) is 10.9 Å². The van der Waals surface area contributed by atoms with Crippen LogP contribution < -0.4 is 4.90 Å². The Bertz CT molecular complexity index is 1090. The van der Waals surface area contributed by atoms with Crippen molar-refractivity contribution in [3.63, 3.8) is 0 Å². The first-order chi connectivity index (χ1) is 15.3. The predicted molar refractivity (Wildman–Crippen MR) is 120 cm³/mol. The smallest absolute Gasteiger partial charge is 0.352 e. The molecule has 0 atom stereocenters. The molecule has 0 aliphatic carbocycles. The van der Waals surface area contributed by atoms with Gasteiger partial charge in [0.2, 0.25) is 0 Å². The molecule has 1 amide bonds. The van der Waals surface area contributed by atoms with E-state index < -0.39 is 11.7 Å². The van der Waals surface area contributed by atoms with Crippen LogP contribution in [0.15, 0.2) is 52.3 Å². The van der Waals surface area contributed by atoms with Crippen LogP contribution in [0.5, 0.6) is 0 Å². The van der Waals surface area contributed by atoms with Crippen LogP contribution in [0.2, 0.25) is 5.02 Å². The van der Waals surface area contributed by atoms with Crippen molar-refractivity contribution in [1.82, 2.24) is 14.9 Å². The lowest BCUT2D eigenvalue weighted by Crippen LogP contribution is -2.49. The van der Waals surface area contributed by atoms with Crippen molar-refractivity contribution in [2.45, 2.75) is 16.8 Å². The Kier molecular flexibility index (Phi) is 6.92. The molecule has 1 aliphatic rings. The number of rotatable bonds is 5. The number of halogens is 4. The third kappa shape index (κ3) is 5.19. The van der Waals surface area contributed by atoms with Crippen molar-refractivity contribution in [3.8, 4) is 0 Å². The Morgan fingerprint density at radius 2 is 1.91 bits per heavy atom. The number of hydrogen-bond donors (Lipinski definition) is 0. The van der Waals surface area contributed by atoms with E-state index in [2.05, 4.69) is 9.97 Å². The molecule has 0 radical (unpaired) electrons. The van der Waals surface area contributed by atoms with E-state index in [4.69, 9.17) is 11.6 Å². The van der Waals surface area contributed by atoms with E-state index in [9.17, 15) is 18.0 Å². The normalized spacial score (nSPS) is 14.6. The Labute approximate surface area is 196 Å². The number of benzene rings is 1. The van der Waals surface area contributed by atoms with Gasteiger partial charge in [-0.15, -0.1) is 23.1 Å². The summed E-state index contributed by atoms with van der Waals surface area (Å²) in [4.78, 5) is 25.8. The number of anilines is 1. The van der Waals surface area contributed by atoms with Crippen LogP contribution in [0.3, 0.4) is 0 Å². The zero-order valence-corrected chi connectivity index (χ0v) is 19.1. The summed E-state index contributed by atoms with van der Waals surface area (Å²) in [7, 11) is 0. The molecule has 1 saturated heterocycles. The number of thiazole rings is 1. The average molecular weight is 499 g/mol. The molecule has 0 bridgehead atoms. The van der Waals surface area contributed by atoms with Gasteiger partial charge in [-0.1, -0.05) is 23.7 Å². The number of pyridine rings is 1. The summed E-state index contributed by atoms with van der Waals surface area (Å²) >= 11 is 9.17. The van der Waals surface area contributed by atoms with E-state index in [1.165, 1.54) is 11.3 Å². The molecule has 0 unspecified atom stereocenters. The van der Waals surface area contributed by atoms with Gasteiger partial charge in [0.1, 0.15) is 5.82 Å². The number of carbonyl (C=O) groups is 1. The number of aromatic nitrogens is 2. The Balaban J connectivity index is 1.41. The molecule has 0 spiro atoms. The van der Waals surface area contributed by atoms with Gasteiger partial charge in [0, 0.05) is 48.4 Å². The molecule has 3 heterocycles. The maximum atomic E-state index is 13.2. The largest absolute Gasteiger partial charge is 0.417 e. The number of alkyl halides is 3. The third-order valence-corrected chi connectivity index (χ3v) is 7.01. The Hall–Kier alpha value is -2.30. The van der Waals surface area contributed by atoms with Gasteiger partial charge in [0.25, 0.3) is 5.91 Å². The number of piperazine rings is 1. The predicted octanol–water partition coefficient (Wildman–Crippen LogP) is 5.47. The van der Waals surface area contributed by atoms with E-state index in [1.807, 2.05) is 29.6 Å². The number of carbonyl (C=O) groups excluding carboxylic acids is 1. The fourth-order valence-corrected chi connectivity index (χ4v) is 5.24. The van der Waals surface area contributed by atoms with Crippen LogP contribution in [0.4, 0.5) is 19.0 Å². The molecule has 168 valence electrons. The van der Waals surface area contributed by atoms with Crippen LogP contribution in [-0.4, -0.2) is 47.0 Å². The second kappa shape index (κ2) is 9.68. The maximum absolute atomic E-state index is 13.2. The zero-order chi connectivity index (χ0) is 22.7. The quantitative estimate of drug-likeness (QED) is 0.437. The van der Waals surface area contributed by atoms with Crippen LogP contribution >= 0.6 is 34.7 Å². The minimum Gasteiger partial charge on any atom is -0.352 e. The number of thioether (sulfide) groups is 1. The van der Waals surface area contributed by atoms with Crippen molar-refractivity contribution in [3.05, 3.63) is 69.3 Å². The Morgan fingerprint density at radius 3 is 2.56 bits per heavy atom. The molecular formula is C21H18ClF3N4OS2. The fourth-order valence-electron chi connectivity index (χ4n) is 3.34. The monoisotopic (exact) mass is 498 g/mol. The summed E-state index contributed by atoms with van der Waals surface area (Å²) in [6, 6.07) is 8.36. The first-order valence-electron chi connectivity index (χ1n) is 9.69. The lowest BCUT2D eigenvalue weighted by molar-refractivity contribution is -0.137. The second-order valence-corrected chi connectivity index (χ2v) is 9.21. The lowest BCUT2D eigenvalue weighted by Gasteiger charge is -2.36. The highest BCUT2D eigenvalue weighted by Gasteiger charge is 2.32. The molecule has 4 rings (SSSR count). The van der Waals surface area contributed by atoms with Crippen LogP contribution in [0.25, 0.3) is 0 Å². The van der Waals surface area contributed by atoms with Gasteiger partial charge in [-0.3, -0.25) is 4.79 Å². The highest BCUT2D eigenvalue weighted by molar-refractivity contribution is 7.98. The van der Waals surface area contributed by atoms with Crippen molar-refractivity contribution in [1.29, 1.82) is 0 Å². The lowest BCUT2D eigenvalue weighted by atomic mass is 10.1. The second-order valence-electron chi connectivity index (χ2n) is 7.07. The maximum Gasteiger partial charge on any atom is 0.417 e. The zero-order valence-electron chi connectivity index (χ0n) is 16.7. The molecule has 1 fully saturated rings. The molecule has 3 aromatic rings. The molecule has 1 aliphatic heterocycles. The van der Waals surface area contributed by atoms with E-state index in [0.717, 1.165) is 22.9 Å². The number of hydrogen-bond acceptors (Lipinski definition) is 6. The van der Waals surface area contributed by atoms with Gasteiger partial charge in [-0.2, -0.15) is 13.2 Å². The summed E-state index contributed by atoms with van der Waals surface area (Å²) in [6.45, 7) is 1.70. The van der Waals surface area contributed by atoms with Crippen molar-refractivity contribution in [2.75, 3.05) is 31.1 Å². The van der Waals surface area contributed by atoms with Gasteiger partial charge in [-0.25, -0.2) is 9.97 Å². The minimum absolute atomic E-state index is 0.0524. The SMILES string of the molecule is O=C(c1ccccc1SCc1cscn1)N1CCN(c2ncc(C(F)(F)F)cc2Cl)CC1. The topological polar surface area (TPSA) is 49.3 Å². The van der Waals surface area contributed by atoms with E-state index >= 15 is 0 Å². The fraction of sp³-hybridized carbons (Fsp3) is 0.286. The minimum atomic E-state index is -4.49. The highest BCUT2D eigenvalue weighted by atomic mass is 35.5. The van der Waals surface area contributed by atoms with Crippen molar-refractivity contribution in [2.24, 2.45) is 0 Å². The molecule has 5 nitrogen and oxygen atoms in total. The third-order valence-electron chi connectivity index (χ3n) is 4.99. The van der Waals surface area contributed by atoms with Crippen LogP contribution in [0.1, 0.15) is 21.6 Å². The van der Waals surface area contributed by atoms with Crippen LogP contribution in [0, 0.1) is 0 Å². The van der Waals surface area contributed by atoms with Gasteiger partial charge in [0.05, 0.1) is 27.4 Å². The van der Waals surface area contributed by atoms with Crippen molar-refractivity contribution < 1.29 is 18.0 Å². The molecular weight excluding hydrogens is 481 g/mol. The van der Waals surface area contributed by atoms with Crippen LogP contribution in [-0.2, 0) is 11.9 Å². The summed E-state index contributed by atoms with van der Waals surface area (Å²) in [5.41, 5.74) is 2.50. The molecule has 1 aromatic carbocycles. The molecule has 0 saturated carbocycles. The Morgan fingerprint density at radius 1 is 1.16 bits per heavy atom. The molecule has 2 aromatic heterocycles. The number of amides is 1. The average Bonchev–Trinajstić information content (AvgIpc) is 3.31. The van der Waals surface area contributed by atoms with E-state index in [1.54, 1.807) is 27.1 Å². The summed E-state index contributed by atoms with van der Waals surface area (Å²) in [5.74, 6) is 0.906. The van der Waals surface area contributed by atoms with E-state index in [0.29, 0.717) is 43.3 Å². The first kappa shape index (κ1) is 22.9. The van der Waals surface area contributed by atoms with Gasteiger partial charge >= 0.3 is 6.18 Å². The van der Waals surface area contributed by atoms with Gasteiger partial charge in [0.15, 0.2) is 0 Å².